The Kier molecular flexibility index (Phi) is 6.45. The SMILES string of the molecule is CCCN1C(=O)CC(C)c2cc(CS(=O)(=O)Cc3c(F)c(F)c(C)c(F)c3F)ccc21. The van der Waals surface area contributed by atoms with E-state index in [1.807, 2.05) is 13.8 Å². The summed E-state index contributed by atoms with van der Waals surface area (Å²) in [5, 5.41) is 0. The first-order valence-electron chi connectivity index (χ1n) is 9.91. The van der Waals surface area contributed by atoms with Crippen molar-refractivity contribution < 1.29 is 30.8 Å². The first-order valence-corrected chi connectivity index (χ1v) is 11.7. The Labute approximate surface area is 178 Å². The van der Waals surface area contributed by atoms with Gasteiger partial charge in [-0.25, -0.2) is 26.0 Å². The number of hydrogen-bond donors (Lipinski definition) is 0. The Balaban J connectivity index is 1.92. The molecule has 168 valence electrons. The molecule has 1 unspecified atom stereocenters. The lowest BCUT2D eigenvalue weighted by Gasteiger charge is -2.33. The number of amides is 1. The molecular formula is C22H23F4NO3S. The fourth-order valence-corrected chi connectivity index (χ4v) is 5.34. The Bertz CT molecular complexity index is 1120. The lowest BCUT2D eigenvalue weighted by Crippen LogP contribution is -2.36. The van der Waals surface area contributed by atoms with Gasteiger partial charge in [0, 0.05) is 29.8 Å². The molecule has 0 fully saturated rings. The number of benzene rings is 2. The molecule has 0 bridgehead atoms. The van der Waals surface area contributed by atoms with Crippen LogP contribution in [-0.2, 0) is 26.1 Å². The topological polar surface area (TPSA) is 54.5 Å². The number of rotatable bonds is 6. The first-order chi connectivity index (χ1) is 14.5. The van der Waals surface area contributed by atoms with Gasteiger partial charge >= 0.3 is 0 Å². The molecule has 2 aromatic rings. The minimum Gasteiger partial charge on any atom is -0.312 e. The van der Waals surface area contributed by atoms with Crippen LogP contribution in [0.4, 0.5) is 23.2 Å². The molecule has 0 saturated carbocycles. The van der Waals surface area contributed by atoms with Crippen molar-refractivity contribution in [3.63, 3.8) is 0 Å². The fraction of sp³-hybridized carbons (Fsp3) is 0.409. The standard InChI is InChI=1S/C22H23F4NO3S/c1-4-7-27-17-6-5-14(9-15(17)12(2)8-18(27)28)10-31(29,30)11-16-21(25)19(23)13(3)20(24)22(16)26/h5-6,9,12H,4,7-8,10-11H2,1-3H3. The summed E-state index contributed by atoms with van der Waals surface area (Å²) in [6, 6.07) is 4.86. The summed E-state index contributed by atoms with van der Waals surface area (Å²) in [7, 11) is -4.15. The number of fused-ring (bicyclic) bond motifs is 1. The van der Waals surface area contributed by atoms with Crippen LogP contribution in [0.15, 0.2) is 18.2 Å². The zero-order valence-electron chi connectivity index (χ0n) is 17.4. The number of carbonyl (C=O) groups is 1. The van der Waals surface area contributed by atoms with Gasteiger partial charge < -0.3 is 4.90 Å². The fourth-order valence-electron chi connectivity index (χ4n) is 3.86. The maximum absolute atomic E-state index is 14.1. The van der Waals surface area contributed by atoms with Crippen LogP contribution in [-0.4, -0.2) is 20.9 Å². The summed E-state index contributed by atoms with van der Waals surface area (Å²) in [6.07, 6.45) is 1.05. The molecule has 31 heavy (non-hydrogen) atoms. The van der Waals surface area contributed by atoms with Crippen molar-refractivity contribution in [2.45, 2.75) is 51.0 Å². The maximum atomic E-state index is 14.1. The Morgan fingerprint density at radius 1 is 1.03 bits per heavy atom. The van der Waals surface area contributed by atoms with Crippen LogP contribution in [0.1, 0.15) is 54.9 Å². The van der Waals surface area contributed by atoms with Gasteiger partial charge in [0.25, 0.3) is 0 Å². The van der Waals surface area contributed by atoms with E-state index in [0.717, 1.165) is 18.9 Å². The van der Waals surface area contributed by atoms with E-state index in [9.17, 15) is 30.8 Å². The Hall–Kier alpha value is -2.42. The highest BCUT2D eigenvalue weighted by Crippen LogP contribution is 2.37. The number of sulfone groups is 1. The van der Waals surface area contributed by atoms with Crippen LogP contribution in [0.2, 0.25) is 0 Å². The predicted molar refractivity (Wildman–Crippen MR) is 109 cm³/mol. The highest BCUT2D eigenvalue weighted by Gasteiger charge is 2.30. The van der Waals surface area contributed by atoms with Crippen LogP contribution in [0.3, 0.4) is 0 Å². The molecule has 0 saturated heterocycles. The summed E-state index contributed by atoms with van der Waals surface area (Å²) in [6.45, 7) is 5.22. The molecule has 2 aromatic carbocycles. The molecule has 9 heteroatoms. The van der Waals surface area contributed by atoms with Crippen molar-refractivity contribution in [2.24, 2.45) is 0 Å². The second-order valence-electron chi connectivity index (χ2n) is 7.94. The highest BCUT2D eigenvalue weighted by molar-refractivity contribution is 7.89. The van der Waals surface area contributed by atoms with Gasteiger partial charge in [-0.2, -0.15) is 0 Å². The van der Waals surface area contributed by atoms with E-state index < -0.39 is 55.7 Å². The quantitative estimate of drug-likeness (QED) is 0.457. The number of nitrogens with zero attached hydrogens (tertiary/aromatic N) is 1. The number of anilines is 1. The smallest absolute Gasteiger partial charge is 0.227 e. The molecule has 0 aliphatic carbocycles. The van der Waals surface area contributed by atoms with E-state index in [1.54, 1.807) is 17.0 Å². The van der Waals surface area contributed by atoms with Gasteiger partial charge in [-0.05, 0) is 36.5 Å². The van der Waals surface area contributed by atoms with Gasteiger partial charge in [0.2, 0.25) is 5.91 Å². The summed E-state index contributed by atoms with van der Waals surface area (Å²) >= 11 is 0. The predicted octanol–water partition coefficient (Wildman–Crippen LogP) is 4.92. The number of hydrogen-bond acceptors (Lipinski definition) is 3. The molecule has 0 radical (unpaired) electrons. The number of halogens is 4. The zero-order chi connectivity index (χ0) is 23.1. The summed E-state index contributed by atoms with van der Waals surface area (Å²) < 4.78 is 81.0. The molecule has 1 atom stereocenters. The van der Waals surface area contributed by atoms with Crippen LogP contribution < -0.4 is 4.90 Å². The van der Waals surface area contributed by atoms with Crippen molar-refractivity contribution in [1.29, 1.82) is 0 Å². The third-order valence-electron chi connectivity index (χ3n) is 5.47. The van der Waals surface area contributed by atoms with E-state index in [-0.39, 0.29) is 11.8 Å². The van der Waals surface area contributed by atoms with E-state index in [1.165, 1.54) is 6.07 Å². The molecule has 0 spiro atoms. The van der Waals surface area contributed by atoms with Gasteiger partial charge in [-0.15, -0.1) is 0 Å². The van der Waals surface area contributed by atoms with Crippen molar-refractivity contribution in [3.05, 3.63) is 63.7 Å². The second-order valence-corrected chi connectivity index (χ2v) is 10.00. The minimum absolute atomic E-state index is 0.00315. The molecule has 1 amide bonds. The summed E-state index contributed by atoms with van der Waals surface area (Å²) in [4.78, 5) is 14.0. The lowest BCUT2D eigenvalue weighted by atomic mass is 9.90. The minimum atomic E-state index is -4.15. The van der Waals surface area contributed by atoms with Gasteiger partial charge in [0.1, 0.15) is 0 Å². The lowest BCUT2D eigenvalue weighted by molar-refractivity contribution is -0.119. The van der Waals surface area contributed by atoms with Crippen molar-refractivity contribution in [3.8, 4) is 0 Å². The average Bonchev–Trinajstić information content (AvgIpc) is 2.71. The third-order valence-corrected chi connectivity index (χ3v) is 6.97. The van der Waals surface area contributed by atoms with Crippen LogP contribution in [0.5, 0.6) is 0 Å². The van der Waals surface area contributed by atoms with Gasteiger partial charge in [0.05, 0.1) is 11.5 Å². The molecular weight excluding hydrogens is 434 g/mol. The molecule has 1 heterocycles. The van der Waals surface area contributed by atoms with E-state index >= 15 is 0 Å². The van der Waals surface area contributed by atoms with Gasteiger partial charge in [-0.1, -0.05) is 26.0 Å². The molecule has 0 aromatic heterocycles. The highest BCUT2D eigenvalue weighted by atomic mass is 32.2. The van der Waals surface area contributed by atoms with Gasteiger partial charge in [-0.3, -0.25) is 4.79 Å². The van der Waals surface area contributed by atoms with Crippen molar-refractivity contribution >= 4 is 21.4 Å². The molecule has 4 nitrogen and oxygen atoms in total. The summed E-state index contributed by atoms with van der Waals surface area (Å²) in [5.74, 6) is -8.47. The van der Waals surface area contributed by atoms with Gasteiger partial charge in [0.15, 0.2) is 33.1 Å². The first kappa shape index (κ1) is 23.2. The van der Waals surface area contributed by atoms with E-state index in [0.29, 0.717) is 24.2 Å². The largest absolute Gasteiger partial charge is 0.312 e. The molecule has 3 rings (SSSR count). The Morgan fingerprint density at radius 2 is 1.65 bits per heavy atom. The molecule has 1 aliphatic rings. The normalized spacial score (nSPS) is 16.5. The van der Waals surface area contributed by atoms with E-state index in [4.69, 9.17) is 0 Å². The Morgan fingerprint density at radius 3 is 2.23 bits per heavy atom. The van der Waals surface area contributed by atoms with Crippen molar-refractivity contribution in [2.75, 3.05) is 11.4 Å². The van der Waals surface area contributed by atoms with Crippen LogP contribution in [0, 0.1) is 30.2 Å². The molecule has 0 N–H and O–H groups in total. The maximum Gasteiger partial charge on any atom is 0.227 e. The zero-order valence-corrected chi connectivity index (χ0v) is 18.3. The second kappa shape index (κ2) is 8.61. The monoisotopic (exact) mass is 457 g/mol. The van der Waals surface area contributed by atoms with Crippen LogP contribution >= 0.6 is 0 Å². The third kappa shape index (κ3) is 4.46. The summed E-state index contributed by atoms with van der Waals surface area (Å²) in [5.41, 5.74) is -0.0973. The van der Waals surface area contributed by atoms with Crippen LogP contribution in [0.25, 0.3) is 0 Å². The number of carbonyl (C=O) groups excluding carboxylic acids is 1. The average molecular weight is 457 g/mol. The van der Waals surface area contributed by atoms with E-state index in [2.05, 4.69) is 0 Å². The van der Waals surface area contributed by atoms with Crippen molar-refractivity contribution in [1.82, 2.24) is 0 Å². The molecule has 1 aliphatic heterocycles.